The van der Waals surface area contributed by atoms with Crippen molar-refractivity contribution in [1.82, 2.24) is 20.3 Å². The quantitative estimate of drug-likeness (QED) is 0.778. The maximum Gasteiger partial charge on any atom is 0.254 e. The highest BCUT2D eigenvalue weighted by atomic mass is 19.1. The van der Waals surface area contributed by atoms with Gasteiger partial charge in [-0.15, -0.1) is 0 Å². The zero-order valence-corrected chi connectivity index (χ0v) is 14.7. The van der Waals surface area contributed by atoms with Gasteiger partial charge in [-0.25, -0.2) is 4.39 Å². The second-order valence-corrected chi connectivity index (χ2v) is 6.98. The van der Waals surface area contributed by atoms with E-state index < -0.39 is 0 Å². The third kappa shape index (κ3) is 3.19. The highest BCUT2D eigenvalue weighted by Crippen LogP contribution is 2.29. The first kappa shape index (κ1) is 16.7. The van der Waals surface area contributed by atoms with Gasteiger partial charge in [-0.05, 0) is 68.5 Å². The van der Waals surface area contributed by atoms with Gasteiger partial charge >= 0.3 is 0 Å². The number of aryl methyl sites for hydroxylation is 1. The zero-order valence-electron chi connectivity index (χ0n) is 14.7. The number of aromatic nitrogens is 3. The van der Waals surface area contributed by atoms with E-state index in [2.05, 4.69) is 22.3 Å². The summed E-state index contributed by atoms with van der Waals surface area (Å²) in [5.41, 5.74) is 3.20. The number of benzene rings is 2. The Balaban J connectivity index is 1.50. The van der Waals surface area contributed by atoms with Gasteiger partial charge in [0.2, 0.25) is 0 Å². The lowest BCUT2D eigenvalue weighted by Crippen LogP contribution is -2.40. The van der Waals surface area contributed by atoms with Crippen molar-refractivity contribution in [3.05, 3.63) is 59.4 Å². The summed E-state index contributed by atoms with van der Waals surface area (Å²) in [6.07, 6.45) is 3.73. The fourth-order valence-corrected chi connectivity index (χ4v) is 3.83. The van der Waals surface area contributed by atoms with E-state index in [0.717, 1.165) is 36.8 Å². The number of hydrogen-bond donors (Lipinski definition) is 1. The average Bonchev–Trinajstić information content (AvgIpc) is 3.26. The number of rotatable bonds is 4. The Morgan fingerprint density at radius 2 is 1.92 bits per heavy atom. The molecule has 2 atom stereocenters. The molecule has 1 aromatic heterocycles. The predicted octanol–water partition coefficient (Wildman–Crippen LogP) is 3.72. The maximum atomic E-state index is 13.1. The van der Waals surface area contributed by atoms with Crippen LogP contribution in [-0.4, -0.2) is 38.3 Å². The van der Waals surface area contributed by atoms with Gasteiger partial charge in [0.15, 0.2) is 0 Å². The summed E-state index contributed by atoms with van der Waals surface area (Å²) >= 11 is 0. The van der Waals surface area contributed by atoms with E-state index in [1.165, 1.54) is 12.1 Å². The fraction of sp³-hybridized carbons (Fsp3) is 0.350. The SMILES string of the molecule is C[C@@H]1CC[C@H](CCc2ccc(F)cc2)N1C(=O)c1ccc2n[nH]nc2c1. The van der Waals surface area contributed by atoms with Crippen molar-refractivity contribution in [2.24, 2.45) is 0 Å². The summed E-state index contributed by atoms with van der Waals surface area (Å²) < 4.78 is 13.1. The van der Waals surface area contributed by atoms with Crippen LogP contribution in [-0.2, 0) is 6.42 Å². The van der Waals surface area contributed by atoms with Gasteiger partial charge in [-0.1, -0.05) is 12.1 Å². The van der Waals surface area contributed by atoms with Gasteiger partial charge in [0, 0.05) is 17.6 Å². The van der Waals surface area contributed by atoms with Crippen LogP contribution >= 0.6 is 0 Å². The number of nitrogens with one attached hydrogen (secondary N) is 1. The molecule has 3 aromatic rings. The predicted molar refractivity (Wildman–Crippen MR) is 97.3 cm³/mol. The number of amides is 1. The van der Waals surface area contributed by atoms with Crippen LogP contribution in [0, 0.1) is 5.82 Å². The van der Waals surface area contributed by atoms with E-state index in [-0.39, 0.29) is 23.8 Å². The molecule has 6 heteroatoms. The summed E-state index contributed by atoms with van der Waals surface area (Å²) in [6, 6.07) is 12.5. The maximum absolute atomic E-state index is 13.1. The number of aromatic amines is 1. The van der Waals surface area contributed by atoms with Gasteiger partial charge in [0.1, 0.15) is 16.9 Å². The minimum atomic E-state index is -0.219. The molecule has 1 N–H and O–H groups in total. The Bertz CT molecular complexity index is 921. The Kier molecular flexibility index (Phi) is 4.41. The van der Waals surface area contributed by atoms with Crippen molar-refractivity contribution >= 4 is 16.9 Å². The summed E-state index contributed by atoms with van der Waals surface area (Å²) in [4.78, 5) is 15.1. The van der Waals surface area contributed by atoms with Gasteiger partial charge in [0.25, 0.3) is 5.91 Å². The molecule has 5 nitrogen and oxygen atoms in total. The number of nitrogens with zero attached hydrogens (tertiary/aromatic N) is 3. The van der Waals surface area contributed by atoms with Crippen molar-refractivity contribution in [2.75, 3.05) is 0 Å². The first-order valence-electron chi connectivity index (χ1n) is 8.99. The molecule has 134 valence electrons. The third-order valence-electron chi connectivity index (χ3n) is 5.26. The molecule has 1 fully saturated rings. The lowest BCUT2D eigenvalue weighted by molar-refractivity contribution is 0.0673. The molecular formula is C20H21FN4O. The second kappa shape index (κ2) is 6.86. The van der Waals surface area contributed by atoms with E-state index >= 15 is 0 Å². The van der Waals surface area contributed by atoms with Crippen molar-refractivity contribution in [2.45, 2.75) is 44.7 Å². The fourth-order valence-electron chi connectivity index (χ4n) is 3.83. The Labute approximate surface area is 151 Å². The zero-order chi connectivity index (χ0) is 18.1. The van der Waals surface area contributed by atoms with Gasteiger partial charge < -0.3 is 4.90 Å². The van der Waals surface area contributed by atoms with Gasteiger partial charge in [-0.3, -0.25) is 4.79 Å². The number of halogens is 1. The van der Waals surface area contributed by atoms with Gasteiger partial charge in [-0.2, -0.15) is 15.4 Å². The van der Waals surface area contributed by atoms with Crippen molar-refractivity contribution in [3.63, 3.8) is 0 Å². The van der Waals surface area contributed by atoms with Gasteiger partial charge in [0.05, 0.1) is 0 Å². The van der Waals surface area contributed by atoms with Crippen LogP contribution in [0.5, 0.6) is 0 Å². The molecule has 0 aliphatic carbocycles. The highest BCUT2D eigenvalue weighted by molar-refractivity contribution is 5.97. The van der Waals surface area contributed by atoms with Crippen LogP contribution in [0.3, 0.4) is 0 Å². The van der Waals surface area contributed by atoms with Crippen molar-refractivity contribution in [3.8, 4) is 0 Å². The standard InChI is InChI=1S/C20H21FN4O/c1-13-2-9-17(10-5-14-3-7-16(21)8-4-14)25(13)20(26)15-6-11-18-19(12-15)23-24-22-18/h3-4,6-8,11-13,17H,2,5,9-10H2,1H3,(H,22,23,24)/t13-,17-/m1/s1. The van der Waals surface area contributed by atoms with Crippen LogP contribution in [0.1, 0.15) is 42.1 Å². The number of H-pyrrole nitrogens is 1. The highest BCUT2D eigenvalue weighted by Gasteiger charge is 2.34. The molecule has 1 aliphatic rings. The molecule has 1 aliphatic heterocycles. The summed E-state index contributed by atoms with van der Waals surface area (Å²) in [5.74, 6) is -0.174. The summed E-state index contributed by atoms with van der Waals surface area (Å²) in [7, 11) is 0. The minimum Gasteiger partial charge on any atom is -0.333 e. The van der Waals surface area contributed by atoms with E-state index in [1.807, 2.05) is 29.2 Å². The summed E-state index contributed by atoms with van der Waals surface area (Å²) in [6.45, 7) is 2.10. The van der Waals surface area contributed by atoms with Crippen LogP contribution in [0.2, 0.25) is 0 Å². The molecule has 2 heterocycles. The van der Waals surface area contributed by atoms with E-state index in [1.54, 1.807) is 6.07 Å². The van der Waals surface area contributed by atoms with E-state index in [9.17, 15) is 9.18 Å². The van der Waals surface area contributed by atoms with Crippen LogP contribution in [0.15, 0.2) is 42.5 Å². The van der Waals surface area contributed by atoms with Crippen LogP contribution < -0.4 is 0 Å². The normalized spacial score (nSPS) is 20.0. The smallest absolute Gasteiger partial charge is 0.254 e. The summed E-state index contributed by atoms with van der Waals surface area (Å²) in [5, 5.41) is 10.7. The van der Waals surface area contributed by atoms with Crippen LogP contribution in [0.4, 0.5) is 4.39 Å². The molecule has 1 saturated heterocycles. The number of likely N-dealkylation sites (tertiary alicyclic amines) is 1. The molecule has 4 rings (SSSR count). The van der Waals surface area contributed by atoms with E-state index in [4.69, 9.17) is 0 Å². The Morgan fingerprint density at radius 3 is 2.73 bits per heavy atom. The molecule has 0 bridgehead atoms. The molecule has 1 amide bonds. The molecule has 0 saturated carbocycles. The lowest BCUT2D eigenvalue weighted by Gasteiger charge is -2.29. The topological polar surface area (TPSA) is 61.9 Å². The average molecular weight is 352 g/mol. The monoisotopic (exact) mass is 352 g/mol. The van der Waals surface area contributed by atoms with Crippen molar-refractivity contribution in [1.29, 1.82) is 0 Å². The van der Waals surface area contributed by atoms with Crippen LogP contribution in [0.25, 0.3) is 11.0 Å². The number of hydrogen-bond acceptors (Lipinski definition) is 3. The molecule has 0 unspecified atom stereocenters. The number of carbonyl (C=O) groups excluding carboxylic acids is 1. The molecule has 26 heavy (non-hydrogen) atoms. The number of fused-ring (bicyclic) bond motifs is 1. The lowest BCUT2D eigenvalue weighted by atomic mass is 10.0. The Hall–Kier alpha value is -2.76. The first-order chi connectivity index (χ1) is 12.6. The molecule has 0 spiro atoms. The second-order valence-electron chi connectivity index (χ2n) is 6.98. The van der Waals surface area contributed by atoms with E-state index in [0.29, 0.717) is 11.1 Å². The van der Waals surface area contributed by atoms with Crippen molar-refractivity contribution < 1.29 is 9.18 Å². The first-order valence-corrected chi connectivity index (χ1v) is 8.99. The molecular weight excluding hydrogens is 331 g/mol. The minimum absolute atomic E-state index is 0.0454. The molecule has 2 aromatic carbocycles. The largest absolute Gasteiger partial charge is 0.333 e. The number of carbonyl (C=O) groups is 1. The Morgan fingerprint density at radius 1 is 1.15 bits per heavy atom. The third-order valence-corrected chi connectivity index (χ3v) is 5.26. The molecule has 0 radical (unpaired) electrons.